The molecule has 1 aromatic rings. The Morgan fingerprint density at radius 3 is 2.70 bits per heavy atom. The van der Waals surface area contributed by atoms with Crippen LogP contribution in [0.5, 0.6) is 0 Å². The van der Waals surface area contributed by atoms with Gasteiger partial charge in [-0.05, 0) is 24.1 Å². The largest absolute Gasteiger partial charge is 0.246 e. The fourth-order valence-corrected chi connectivity index (χ4v) is 0.923. The first-order chi connectivity index (χ1) is 4.74. The Bertz CT molecular complexity index is 233. The Labute approximate surface area is 64.6 Å². The van der Waals surface area contributed by atoms with Crippen molar-refractivity contribution < 1.29 is 4.39 Å². The van der Waals surface area contributed by atoms with Crippen LogP contribution < -0.4 is 0 Å². The van der Waals surface area contributed by atoms with Crippen LogP contribution in [0.3, 0.4) is 0 Å². The molecule has 0 aliphatic rings. The number of alkyl halides is 1. The fraction of sp³-hybridized carbons (Fsp3) is 0.250. The molecule has 0 spiro atoms. The van der Waals surface area contributed by atoms with E-state index in [1.807, 2.05) is 13.0 Å². The van der Waals surface area contributed by atoms with Crippen molar-refractivity contribution in [1.29, 1.82) is 0 Å². The summed E-state index contributed by atoms with van der Waals surface area (Å²) < 4.78 is 12.0. The number of aryl methyl sites for hydroxylation is 1. The molecule has 0 aliphatic heterocycles. The molecule has 1 rings (SSSR count). The van der Waals surface area contributed by atoms with Gasteiger partial charge < -0.3 is 0 Å². The van der Waals surface area contributed by atoms with E-state index in [0.717, 1.165) is 5.56 Å². The smallest absolute Gasteiger partial charge is 0.115 e. The number of rotatable bonds is 1. The number of halogens is 2. The molecule has 0 unspecified atom stereocenters. The fourth-order valence-electron chi connectivity index (χ4n) is 0.719. The monoisotopic (exact) mass is 158 g/mol. The number of hydrogen-bond donors (Lipinski definition) is 0. The maximum Gasteiger partial charge on any atom is 0.115 e. The van der Waals surface area contributed by atoms with E-state index in [1.165, 1.54) is 0 Å². The molecule has 0 radical (unpaired) electrons. The van der Waals surface area contributed by atoms with Crippen LogP contribution in [0, 0.1) is 6.92 Å². The molecule has 0 atom stereocenters. The van der Waals surface area contributed by atoms with Gasteiger partial charge in [0.2, 0.25) is 0 Å². The van der Waals surface area contributed by atoms with E-state index in [-0.39, 0.29) is 0 Å². The molecule has 0 saturated heterocycles. The molecule has 0 heterocycles. The van der Waals surface area contributed by atoms with Crippen LogP contribution in [0.15, 0.2) is 18.2 Å². The minimum absolute atomic E-state index is 0.444. The van der Waals surface area contributed by atoms with Gasteiger partial charge in [-0.1, -0.05) is 23.7 Å². The van der Waals surface area contributed by atoms with Crippen LogP contribution in [-0.2, 0) is 6.67 Å². The zero-order valence-corrected chi connectivity index (χ0v) is 6.45. The topological polar surface area (TPSA) is 0 Å². The predicted molar refractivity (Wildman–Crippen MR) is 41.0 cm³/mol. The van der Waals surface area contributed by atoms with E-state index in [9.17, 15) is 4.39 Å². The summed E-state index contributed by atoms with van der Waals surface area (Å²) in [6.07, 6.45) is 0. The second kappa shape index (κ2) is 3.02. The van der Waals surface area contributed by atoms with Gasteiger partial charge in [-0.15, -0.1) is 0 Å². The van der Waals surface area contributed by atoms with Gasteiger partial charge in [0, 0.05) is 5.02 Å². The van der Waals surface area contributed by atoms with Crippen LogP contribution in [-0.4, -0.2) is 0 Å². The lowest BCUT2D eigenvalue weighted by molar-refractivity contribution is 0.485. The highest BCUT2D eigenvalue weighted by Gasteiger charge is 1.95. The minimum atomic E-state index is -0.444. The van der Waals surface area contributed by atoms with E-state index in [4.69, 9.17) is 11.6 Å². The lowest BCUT2D eigenvalue weighted by atomic mass is 10.2. The molecule has 0 saturated carbocycles. The highest BCUT2D eigenvalue weighted by molar-refractivity contribution is 6.31. The molecule has 0 amide bonds. The average Bonchev–Trinajstić information content (AvgIpc) is 1.95. The third-order valence-corrected chi connectivity index (χ3v) is 1.80. The minimum Gasteiger partial charge on any atom is -0.246 e. The highest BCUT2D eigenvalue weighted by Crippen LogP contribution is 2.16. The summed E-state index contributed by atoms with van der Waals surface area (Å²) in [5.74, 6) is 0. The third-order valence-electron chi connectivity index (χ3n) is 1.39. The van der Waals surface area contributed by atoms with Gasteiger partial charge in [0.1, 0.15) is 6.67 Å². The molecule has 0 aromatic heterocycles. The van der Waals surface area contributed by atoms with Gasteiger partial charge in [-0.25, -0.2) is 4.39 Å². The Morgan fingerprint density at radius 2 is 2.20 bits per heavy atom. The summed E-state index contributed by atoms with van der Waals surface area (Å²) in [7, 11) is 0. The molecular formula is C8H8ClF. The first-order valence-corrected chi connectivity index (χ1v) is 3.43. The van der Waals surface area contributed by atoms with Crippen molar-refractivity contribution in [1.82, 2.24) is 0 Å². The second-order valence-corrected chi connectivity index (χ2v) is 2.62. The summed E-state index contributed by atoms with van der Waals surface area (Å²) in [6.45, 7) is 1.45. The van der Waals surface area contributed by atoms with Crippen LogP contribution >= 0.6 is 11.6 Å². The summed E-state index contributed by atoms with van der Waals surface area (Å²) in [4.78, 5) is 0. The lowest BCUT2D eigenvalue weighted by Crippen LogP contribution is -1.80. The maximum absolute atomic E-state index is 12.0. The Morgan fingerprint density at radius 1 is 1.50 bits per heavy atom. The molecule has 0 aliphatic carbocycles. The van der Waals surface area contributed by atoms with Crippen molar-refractivity contribution in [2.75, 3.05) is 0 Å². The Balaban J connectivity index is 3.04. The quantitative estimate of drug-likeness (QED) is 0.589. The van der Waals surface area contributed by atoms with Crippen LogP contribution in [0.2, 0.25) is 5.02 Å². The lowest BCUT2D eigenvalue weighted by Gasteiger charge is -1.97. The van der Waals surface area contributed by atoms with Crippen molar-refractivity contribution in [2.45, 2.75) is 13.6 Å². The molecule has 1 aromatic carbocycles. The summed E-state index contributed by atoms with van der Waals surface area (Å²) in [5, 5.41) is 0.634. The summed E-state index contributed by atoms with van der Waals surface area (Å²) >= 11 is 5.73. The predicted octanol–water partition coefficient (Wildman–Crippen LogP) is 3.12. The summed E-state index contributed by atoms with van der Waals surface area (Å²) in [5.41, 5.74) is 1.62. The van der Waals surface area contributed by atoms with E-state index in [2.05, 4.69) is 0 Å². The van der Waals surface area contributed by atoms with Gasteiger partial charge in [0.25, 0.3) is 0 Å². The number of hydrogen-bond acceptors (Lipinski definition) is 0. The molecule has 0 fully saturated rings. The molecule has 0 nitrogen and oxygen atoms in total. The number of benzene rings is 1. The third kappa shape index (κ3) is 1.48. The van der Waals surface area contributed by atoms with Crippen molar-refractivity contribution >= 4 is 11.6 Å². The molecular weight excluding hydrogens is 151 g/mol. The first kappa shape index (κ1) is 7.55. The molecule has 2 heteroatoms. The zero-order chi connectivity index (χ0) is 7.56. The van der Waals surface area contributed by atoms with Crippen molar-refractivity contribution in [3.05, 3.63) is 34.3 Å². The highest BCUT2D eigenvalue weighted by atomic mass is 35.5. The van der Waals surface area contributed by atoms with Crippen molar-refractivity contribution in [2.24, 2.45) is 0 Å². The molecule has 0 bridgehead atoms. The van der Waals surface area contributed by atoms with Crippen LogP contribution in [0.25, 0.3) is 0 Å². The van der Waals surface area contributed by atoms with Gasteiger partial charge in [0.05, 0.1) is 0 Å². The zero-order valence-electron chi connectivity index (χ0n) is 5.70. The van der Waals surface area contributed by atoms with Gasteiger partial charge in [0.15, 0.2) is 0 Å². The van der Waals surface area contributed by atoms with Crippen LogP contribution in [0.4, 0.5) is 4.39 Å². The van der Waals surface area contributed by atoms with Gasteiger partial charge in [-0.2, -0.15) is 0 Å². The average molecular weight is 159 g/mol. The van der Waals surface area contributed by atoms with Gasteiger partial charge in [-0.3, -0.25) is 0 Å². The Hall–Kier alpha value is -0.560. The van der Waals surface area contributed by atoms with Crippen LogP contribution in [0.1, 0.15) is 11.1 Å². The van der Waals surface area contributed by atoms with E-state index in [1.54, 1.807) is 12.1 Å². The second-order valence-electron chi connectivity index (χ2n) is 2.22. The molecule has 10 heavy (non-hydrogen) atoms. The maximum atomic E-state index is 12.0. The van der Waals surface area contributed by atoms with E-state index < -0.39 is 6.67 Å². The first-order valence-electron chi connectivity index (χ1n) is 3.05. The molecule has 54 valence electrons. The van der Waals surface area contributed by atoms with E-state index in [0.29, 0.717) is 10.6 Å². The van der Waals surface area contributed by atoms with Crippen molar-refractivity contribution in [3.63, 3.8) is 0 Å². The standard InChI is InChI=1S/C8H8ClF/c1-6-2-3-7(5-10)4-8(6)9/h2-4H,5H2,1H3. The van der Waals surface area contributed by atoms with E-state index >= 15 is 0 Å². The Kier molecular flexibility index (Phi) is 2.28. The normalized spacial score (nSPS) is 9.90. The molecule has 0 N–H and O–H groups in total. The summed E-state index contributed by atoms with van der Waals surface area (Å²) in [6, 6.07) is 5.20. The SMILES string of the molecule is Cc1ccc(CF)cc1Cl. The van der Waals surface area contributed by atoms with Gasteiger partial charge >= 0.3 is 0 Å². The van der Waals surface area contributed by atoms with Crippen molar-refractivity contribution in [3.8, 4) is 0 Å².